The summed E-state index contributed by atoms with van der Waals surface area (Å²) in [6, 6.07) is 6.46. The fourth-order valence-electron chi connectivity index (χ4n) is 2.10. The molecule has 21 heavy (non-hydrogen) atoms. The number of hydrogen-bond acceptors (Lipinski definition) is 4. The summed E-state index contributed by atoms with van der Waals surface area (Å²) in [6.07, 6.45) is 1.83. The molecule has 1 unspecified atom stereocenters. The average Bonchev–Trinajstić information content (AvgIpc) is 2.97. The summed E-state index contributed by atoms with van der Waals surface area (Å²) in [4.78, 5) is 11.0. The van der Waals surface area contributed by atoms with E-state index in [0.29, 0.717) is 19.7 Å². The van der Waals surface area contributed by atoms with Gasteiger partial charge in [0, 0.05) is 26.6 Å². The van der Waals surface area contributed by atoms with Crippen molar-refractivity contribution in [2.75, 3.05) is 13.2 Å². The third-order valence-electron chi connectivity index (χ3n) is 3.30. The maximum Gasteiger partial charge on any atom is 0.240 e. The zero-order valence-corrected chi connectivity index (χ0v) is 12.8. The Balaban J connectivity index is 1.94. The van der Waals surface area contributed by atoms with Crippen molar-refractivity contribution in [3.8, 4) is 0 Å². The van der Waals surface area contributed by atoms with Gasteiger partial charge < -0.3 is 10.1 Å². The van der Waals surface area contributed by atoms with Gasteiger partial charge in [-0.1, -0.05) is 12.1 Å². The van der Waals surface area contributed by atoms with Crippen LogP contribution in [0.2, 0.25) is 0 Å². The first-order chi connectivity index (χ1) is 9.97. The van der Waals surface area contributed by atoms with Crippen LogP contribution in [0.25, 0.3) is 0 Å². The lowest BCUT2D eigenvalue weighted by molar-refractivity contribution is -0.119. The molecule has 0 radical (unpaired) electrons. The molecule has 0 saturated carbocycles. The van der Waals surface area contributed by atoms with E-state index in [1.54, 1.807) is 12.1 Å². The van der Waals surface area contributed by atoms with Crippen LogP contribution in [0.1, 0.15) is 25.3 Å². The van der Waals surface area contributed by atoms with Crippen LogP contribution in [0.3, 0.4) is 0 Å². The van der Waals surface area contributed by atoms with Crippen LogP contribution in [0.4, 0.5) is 0 Å². The SMILES string of the molecule is CC(=O)NCc1ccc(S(=O)(=O)NCC2CCCO2)cc1. The maximum absolute atomic E-state index is 12.1. The highest BCUT2D eigenvalue weighted by molar-refractivity contribution is 7.89. The molecule has 0 bridgehead atoms. The smallest absolute Gasteiger partial charge is 0.240 e. The Labute approximate surface area is 124 Å². The Hall–Kier alpha value is -1.44. The number of amides is 1. The fourth-order valence-corrected chi connectivity index (χ4v) is 3.17. The third kappa shape index (κ3) is 4.80. The highest BCUT2D eigenvalue weighted by atomic mass is 32.2. The minimum absolute atomic E-state index is 0.0289. The Bertz CT molecular complexity index is 577. The Morgan fingerprint density at radius 1 is 1.33 bits per heavy atom. The summed E-state index contributed by atoms with van der Waals surface area (Å²) >= 11 is 0. The van der Waals surface area contributed by atoms with Crippen LogP contribution in [0.15, 0.2) is 29.2 Å². The number of benzene rings is 1. The number of sulfonamides is 1. The predicted octanol–water partition coefficient (Wildman–Crippen LogP) is 0.780. The van der Waals surface area contributed by atoms with Crippen molar-refractivity contribution in [3.05, 3.63) is 29.8 Å². The topological polar surface area (TPSA) is 84.5 Å². The molecule has 2 N–H and O–H groups in total. The first kappa shape index (κ1) is 15.9. The monoisotopic (exact) mass is 312 g/mol. The van der Waals surface area contributed by atoms with E-state index in [2.05, 4.69) is 10.0 Å². The van der Waals surface area contributed by atoms with Crippen LogP contribution in [-0.2, 0) is 26.1 Å². The number of carbonyl (C=O) groups is 1. The van der Waals surface area contributed by atoms with E-state index in [4.69, 9.17) is 4.74 Å². The van der Waals surface area contributed by atoms with E-state index < -0.39 is 10.0 Å². The molecule has 1 amide bonds. The molecule has 1 fully saturated rings. The van der Waals surface area contributed by atoms with Gasteiger partial charge in [-0.05, 0) is 30.5 Å². The molecule has 1 heterocycles. The standard InChI is InChI=1S/C14H20N2O4S/c1-11(17)15-9-12-4-6-14(7-5-12)21(18,19)16-10-13-3-2-8-20-13/h4-7,13,16H,2-3,8-10H2,1H3,(H,15,17). The van der Waals surface area contributed by atoms with Gasteiger partial charge in [0.15, 0.2) is 0 Å². The largest absolute Gasteiger partial charge is 0.377 e. The highest BCUT2D eigenvalue weighted by Crippen LogP contribution is 2.14. The van der Waals surface area contributed by atoms with Gasteiger partial charge in [0.25, 0.3) is 0 Å². The summed E-state index contributed by atoms with van der Waals surface area (Å²) in [5.74, 6) is -0.120. The molecule has 1 aromatic carbocycles. The molecule has 1 aliphatic rings. The normalized spacial score (nSPS) is 18.6. The van der Waals surface area contributed by atoms with E-state index in [9.17, 15) is 13.2 Å². The van der Waals surface area contributed by atoms with Crippen molar-refractivity contribution in [2.45, 2.75) is 37.3 Å². The predicted molar refractivity (Wildman–Crippen MR) is 78.1 cm³/mol. The van der Waals surface area contributed by atoms with Crippen molar-refractivity contribution in [1.82, 2.24) is 10.0 Å². The Morgan fingerprint density at radius 2 is 2.05 bits per heavy atom. The molecule has 0 spiro atoms. The molecule has 0 aromatic heterocycles. The van der Waals surface area contributed by atoms with E-state index in [0.717, 1.165) is 18.4 Å². The number of rotatable bonds is 6. The van der Waals surface area contributed by atoms with Gasteiger partial charge in [-0.25, -0.2) is 13.1 Å². The van der Waals surface area contributed by atoms with Gasteiger partial charge in [0.2, 0.25) is 15.9 Å². The van der Waals surface area contributed by atoms with Crippen LogP contribution >= 0.6 is 0 Å². The Kier molecular flexibility index (Phi) is 5.33. The molecular weight excluding hydrogens is 292 g/mol. The maximum atomic E-state index is 12.1. The molecule has 0 aliphatic carbocycles. The second-order valence-electron chi connectivity index (χ2n) is 5.04. The molecule has 1 aromatic rings. The minimum atomic E-state index is -3.51. The van der Waals surface area contributed by atoms with Crippen molar-refractivity contribution in [3.63, 3.8) is 0 Å². The Morgan fingerprint density at radius 3 is 2.62 bits per heavy atom. The summed E-state index contributed by atoms with van der Waals surface area (Å²) < 4.78 is 32.2. The zero-order valence-electron chi connectivity index (χ0n) is 12.0. The lowest BCUT2D eigenvalue weighted by atomic mass is 10.2. The number of nitrogens with one attached hydrogen (secondary N) is 2. The van der Waals surface area contributed by atoms with Crippen LogP contribution in [-0.4, -0.2) is 33.6 Å². The second-order valence-corrected chi connectivity index (χ2v) is 6.81. The van der Waals surface area contributed by atoms with Crippen molar-refractivity contribution in [1.29, 1.82) is 0 Å². The van der Waals surface area contributed by atoms with Gasteiger partial charge in [-0.3, -0.25) is 4.79 Å². The van der Waals surface area contributed by atoms with E-state index in [1.807, 2.05) is 0 Å². The van der Waals surface area contributed by atoms with Crippen LogP contribution < -0.4 is 10.0 Å². The van der Waals surface area contributed by atoms with E-state index in [1.165, 1.54) is 19.1 Å². The number of hydrogen-bond donors (Lipinski definition) is 2. The first-order valence-electron chi connectivity index (χ1n) is 6.92. The molecule has 116 valence electrons. The molecule has 2 rings (SSSR count). The third-order valence-corrected chi connectivity index (χ3v) is 4.74. The highest BCUT2D eigenvalue weighted by Gasteiger charge is 2.20. The molecule has 1 saturated heterocycles. The lowest BCUT2D eigenvalue weighted by Crippen LogP contribution is -2.31. The minimum Gasteiger partial charge on any atom is -0.377 e. The zero-order chi connectivity index (χ0) is 15.3. The molecule has 7 heteroatoms. The van der Waals surface area contributed by atoms with Crippen molar-refractivity contribution >= 4 is 15.9 Å². The van der Waals surface area contributed by atoms with E-state index >= 15 is 0 Å². The van der Waals surface area contributed by atoms with Crippen molar-refractivity contribution < 1.29 is 17.9 Å². The summed E-state index contributed by atoms with van der Waals surface area (Å²) in [5, 5.41) is 2.66. The number of carbonyl (C=O) groups excluding carboxylic acids is 1. The van der Waals surface area contributed by atoms with Crippen LogP contribution in [0.5, 0.6) is 0 Å². The molecule has 1 atom stereocenters. The van der Waals surface area contributed by atoms with Crippen LogP contribution in [0, 0.1) is 0 Å². The second kappa shape index (κ2) is 7.02. The van der Waals surface area contributed by atoms with Gasteiger partial charge in [0.05, 0.1) is 11.0 Å². The summed E-state index contributed by atoms with van der Waals surface area (Å²) in [5.41, 5.74) is 0.850. The van der Waals surface area contributed by atoms with Gasteiger partial charge in [-0.2, -0.15) is 0 Å². The van der Waals surface area contributed by atoms with Crippen molar-refractivity contribution in [2.24, 2.45) is 0 Å². The van der Waals surface area contributed by atoms with Gasteiger partial charge >= 0.3 is 0 Å². The fraction of sp³-hybridized carbons (Fsp3) is 0.500. The molecule has 1 aliphatic heterocycles. The first-order valence-corrected chi connectivity index (χ1v) is 8.40. The quantitative estimate of drug-likeness (QED) is 0.813. The molecular formula is C14H20N2O4S. The molecule has 6 nitrogen and oxygen atoms in total. The van der Waals surface area contributed by atoms with E-state index in [-0.39, 0.29) is 16.9 Å². The van der Waals surface area contributed by atoms with Gasteiger partial charge in [-0.15, -0.1) is 0 Å². The summed E-state index contributed by atoms with van der Waals surface area (Å²) in [7, 11) is -3.51. The summed E-state index contributed by atoms with van der Waals surface area (Å²) in [6.45, 7) is 2.83. The lowest BCUT2D eigenvalue weighted by Gasteiger charge is -2.11. The average molecular weight is 312 g/mol. The number of ether oxygens (including phenoxy) is 1. The van der Waals surface area contributed by atoms with Gasteiger partial charge in [0.1, 0.15) is 0 Å².